The smallest absolute Gasteiger partial charge is 0.170 e. The van der Waals surface area contributed by atoms with Gasteiger partial charge in [0.15, 0.2) is 12.4 Å². The number of hydrogen-bond donors (Lipinski definition) is 2. The van der Waals surface area contributed by atoms with E-state index < -0.39 is 0 Å². The number of rotatable bonds is 13. The van der Waals surface area contributed by atoms with Crippen LogP contribution in [0.5, 0.6) is 0 Å². The van der Waals surface area contributed by atoms with E-state index in [4.69, 9.17) is 0 Å². The molecule has 0 amide bonds. The van der Waals surface area contributed by atoms with E-state index in [9.17, 15) is 0 Å². The number of nitrogens with zero attached hydrogens (tertiary/aromatic N) is 6. The Morgan fingerprint density at radius 2 is 1.00 bits per heavy atom. The van der Waals surface area contributed by atoms with Gasteiger partial charge in [-0.2, -0.15) is 20.5 Å². The lowest BCUT2D eigenvalue weighted by atomic mass is 10.3. The number of azo groups is 2. The maximum Gasteiger partial charge on any atom is 0.170 e. The van der Waals surface area contributed by atoms with Crippen LogP contribution >= 0.6 is 21.6 Å². The summed E-state index contributed by atoms with van der Waals surface area (Å²) in [7, 11) is 5.72. The lowest BCUT2D eigenvalue weighted by molar-refractivity contribution is -0.671. The van der Waals surface area contributed by atoms with Gasteiger partial charge in [-0.05, 0) is 60.7 Å². The second-order valence-corrected chi connectivity index (χ2v) is 10.6. The SMILES string of the molecule is C[n+]1ccc(/N=N/c2ccc(NCCSSCCNc3ccc(/N=N/c4ccncc4)cc3)cc2)cc1. The fourth-order valence-electron chi connectivity index (χ4n) is 3.09. The molecular formula is C27H29N8S2+. The third-order valence-corrected chi connectivity index (χ3v) is 7.44. The van der Waals surface area contributed by atoms with Crippen LogP contribution in [-0.2, 0) is 7.05 Å². The highest BCUT2D eigenvalue weighted by atomic mass is 33.1. The molecule has 4 aromatic rings. The molecule has 0 saturated carbocycles. The number of hydrogen-bond acceptors (Lipinski definition) is 9. The Kier molecular flexibility index (Phi) is 10.5. The molecular weight excluding hydrogens is 500 g/mol. The van der Waals surface area contributed by atoms with E-state index in [0.29, 0.717) is 0 Å². The summed E-state index contributed by atoms with van der Waals surface area (Å²) in [6, 6.07) is 23.5. The molecule has 0 radical (unpaired) electrons. The third-order valence-electron chi connectivity index (χ3n) is 5.03. The lowest BCUT2D eigenvalue weighted by Crippen LogP contribution is -2.25. The van der Waals surface area contributed by atoms with Crippen LogP contribution in [0.25, 0.3) is 0 Å². The van der Waals surface area contributed by atoms with Gasteiger partial charge in [0.1, 0.15) is 7.05 Å². The lowest BCUT2D eigenvalue weighted by Gasteiger charge is -2.07. The van der Waals surface area contributed by atoms with Gasteiger partial charge in [-0.3, -0.25) is 4.98 Å². The second-order valence-electron chi connectivity index (χ2n) is 7.92. The molecule has 0 aliphatic rings. The molecule has 2 N–H and O–H groups in total. The molecule has 0 aliphatic carbocycles. The maximum atomic E-state index is 4.30. The average molecular weight is 530 g/mol. The van der Waals surface area contributed by atoms with E-state index in [-0.39, 0.29) is 0 Å². The molecule has 0 bridgehead atoms. The summed E-state index contributed by atoms with van der Waals surface area (Å²) in [5, 5.41) is 23.9. The first-order valence-electron chi connectivity index (χ1n) is 11.9. The fraction of sp³-hybridized carbons (Fsp3) is 0.185. The predicted octanol–water partition coefficient (Wildman–Crippen LogP) is 7.64. The minimum atomic E-state index is 0.788. The first-order chi connectivity index (χ1) is 18.2. The van der Waals surface area contributed by atoms with Crippen molar-refractivity contribution >= 4 is 55.7 Å². The average Bonchev–Trinajstić information content (AvgIpc) is 2.95. The van der Waals surface area contributed by atoms with E-state index in [2.05, 4.69) is 36.1 Å². The summed E-state index contributed by atoms with van der Waals surface area (Å²) < 4.78 is 1.97. The van der Waals surface area contributed by atoms with Crippen LogP contribution in [0.1, 0.15) is 0 Å². The summed E-state index contributed by atoms with van der Waals surface area (Å²) in [5.41, 5.74) is 5.44. The van der Waals surface area contributed by atoms with Gasteiger partial charge in [0.05, 0.1) is 22.7 Å². The summed E-state index contributed by atoms with van der Waals surface area (Å²) in [6.07, 6.45) is 7.31. The van der Waals surface area contributed by atoms with Gasteiger partial charge in [0.25, 0.3) is 0 Å². The zero-order valence-electron chi connectivity index (χ0n) is 20.6. The molecule has 2 aromatic heterocycles. The first-order valence-corrected chi connectivity index (χ1v) is 14.3. The minimum absolute atomic E-state index is 0.788. The van der Waals surface area contributed by atoms with E-state index in [1.807, 2.05) is 118 Å². The van der Waals surface area contributed by atoms with Crippen molar-refractivity contribution in [2.45, 2.75) is 0 Å². The highest BCUT2D eigenvalue weighted by molar-refractivity contribution is 8.76. The Morgan fingerprint density at radius 1 is 0.595 bits per heavy atom. The van der Waals surface area contributed by atoms with Gasteiger partial charge in [-0.1, -0.05) is 21.6 Å². The number of aromatic nitrogens is 2. The van der Waals surface area contributed by atoms with Crippen LogP contribution in [0, 0.1) is 0 Å². The van der Waals surface area contributed by atoms with Crippen molar-refractivity contribution in [3.05, 3.63) is 97.6 Å². The summed E-state index contributed by atoms with van der Waals surface area (Å²) in [5.74, 6) is 2.04. The molecule has 0 atom stereocenters. The van der Waals surface area contributed by atoms with Crippen molar-refractivity contribution in [2.75, 3.05) is 35.2 Å². The first kappa shape index (κ1) is 26.3. The minimum Gasteiger partial charge on any atom is -0.384 e. The normalized spacial score (nSPS) is 11.3. The van der Waals surface area contributed by atoms with Crippen molar-refractivity contribution in [2.24, 2.45) is 27.5 Å². The van der Waals surface area contributed by atoms with Gasteiger partial charge >= 0.3 is 0 Å². The van der Waals surface area contributed by atoms with Crippen LogP contribution in [0.2, 0.25) is 0 Å². The van der Waals surface area contributed by atoms with Gasteiger partial charge in [0, 0.05) is 60.5 Å². The number of aryl methyl sites for hydroxylation is 1. The molecule has 0 fully saturated rings. The third kappa shape index (κ3) is 9.66. The van der Waals surface area contributed by atoms with Crippen LogP contribution in [0.4, 0.5) is 34.1 Å². The highest BCUT2D eigenvalue weighted by Crippen LogP contribution is 2.23. The molecule has 8 nitrogen and oxygen atoms in total. The van der Waals surface area contributed by atoms with Gasteiger partial charge in [-0.25, -0.2) is 4.57 Å². The summed E-state index contributed by atoms with van der Waals surface area (Å²) in [6.45, 7) is 1.81. The van der Waals surface area contributed by atoms with Crippen LogP contribution < -0.4 is 15.2 Å². The monoisotopic (exact) mass is 529 g/mol. The molecule has 0 saturated heterocycles. The topological polar surface area (TPSA) is 90.3 Å². The van der Waals surface area contributed by atoms with Crippen molar-refractivity contribution in [1.82, 2.24) is 4.98 Å². The molecule has 2 heterocycles. The standard InChI is InChI=1S/C27H28N8S2/c1-35-18-12-27(13-19-35)34-32-25-8-4-23(5-9-25)30-17-21-37-36-20-16-29-22-2-6-24(7-3-22)31-33-26-10-14-28-15-11-26/h2-15,18-19H,16-17,20-21H2,1H3,(H,28,29,33)/p+1. The fourth-order valence-corrected chi connectivity index (χ4v) is 4.90. The molecule has 10 heteroatoms. The molecule has 0 unspecified atom stereocenters. The van der Waals surface area contributed by atoms with E-state index in [1.54, 1.807) is 12.4 Å². The zero-order chi connectivity index (χ0) is 25.5. The number of nitrogens with one attached hydrogen (secondary N) is 2. The zero-order valence-corrected chi connectivity index (χ0v) is 22.2. The van der Waals surface area contributed by atoms with Crippen molar-refractivity contribution in [3.63, 3.8) is 0 Å². The predicted molar refractivity (Wildman–Crippen MR) is 155 cm³/mol. The molecule has 4 rings (SSSR count). The number of benzene rings is 2. The maximum absolute atomic E-state index is 4.30. The van der Waals surface area contributed by atoms with Gasteiger partial charge < -0.3 is 10.6 Å². The summed E-state index contributed by atoms with van der Waals surface area (Å²) >= 11 is 0. The molecule has 0 aliphatic heterocycles. The van der Waals surface area contributed by atoms with E-state index >= 15 is 0 Å². The van der Waals surface area contributed by atoms with Crippen molar-refractivity contribution < 1.29 is 4.57 Å². The van der Waals surface area contributed by atoms with Crippen molar-refractivity contribution in [1.29, 1.82) is 0 Å². The number of pyridine rings is 2. The van der Waals surface area contributed by atoms with Crippen LogP contribution in [-0.4, -0.2) is 29.6 Å². The Labute approximate surface area is 225 Å². The van der Waals surface area contributed by atoms with Gasteiger partial charge in [-0.15, -0.1) is 0 Å². The number of anilines is 2. The second kappa shape index (κ2) is 14.7. The van der Waals surface area contributed by atoms with Crippen LogP contribution in [0.15, 0.2) is 118 Å². The Bertz CT molecular complexity index is 1260. The van der Waals surface area contributed by atoms with Gasteiger partial charge in [0.2, 0.25) is 0 Å². The van der Waals surface area contributed by atoms with Crippen molar-refractivity contribution in [3.8, 4) is 0 Å². The summed E-state index contributed by atoms with van der Waals surface area (Å²) in [4.78, 5) is 3.98. The quantitative estimate of drug-likeness (QED) is 0.0804. The van der Waals surface area contributed by atoms with E-state index in [1.165, 1.54) is 0 Å². The molecule has 0 spiro atoms. The van der Waals surface area contributed by atoms with E-state index in [0.717, 1.165) is 58.7 Å². The largest absolute Gasteiger partial charge is 0.384 e. The Balaban J connectivity index is 1.06. The van der Waals surface area contributed by atoms with Crippen LogP contribution in [0.3, 0.4) is 0 Å². The highest BCUT2D eigenvalue weighted by Gasteiger charge is 1.98. The Hall–Kier alpha value is -3.76. The molecule has 37 heavy (non-hydrogen) atoms. The molecule has 188 valence electrons. The Morgan fingerprint density at radius 3 is 1.46 bits per heavy atom. The molecule has 2 aromatic carbocycles.